The van der Waals surface area contributed by atoms with Crippen molar-refractivity contribution >= 4 is 6.03 Å². The molecule has 0 saturated carbocycles. The van der Waals surface area contributed by atoms with E-state index in [-0.39, 0.29) is 18.2 Å². The summed E-state index contributed by atoms with van der Waals surface area (Å²) in [5, 5.41) is 12.5. The molecule has 1 fully saturated rings. The molecule has 0 spiro atoms. The number of aliphatic hydroxyl groups excluding tert-OH is 1. The number of aliphatic hydroxyl groups is 1. The first kappa shape index (κ1) is 14.3. The van der Waals surface area contributed by atoms with Crippen molar-refractivity contribution in [3.63, 3.8) is 0 Å². The summed E-state index contributed by atoms with van der Waals surface area (Å²) >= 11 is 0. The second kappa shape index (κ2) is 6.84. The number of β-amino-alcohol motifs (C(OH)–C–C–N with tert-alkyl or cyclic N) is 1. The third kappa shape index (κ3) is 4.94. The quantitative estimate of drug-likeness (QED) is 0.792. The van der Waals surface area contributed by atoms with Gasteiger partial charge in [0.05, 0.1) is 6.10 Å². The third-order valence-electron chi connectivity index (χ3n) is 3.51. The van der Waals surface area contributed by atoms with Gasteiger partial charge in [0.15, 0.2) is 0 Å². The lowest BCUT2D eigenvalue weighted by Crippen LogP contribution is -2.49. The summed E-state index contributed by atoms with van der Waals surface area (Å²) < 4.78 is 0. The molecule has 0 aromatic rings. The molecule has 0 aromatic carbocycles. The minimum Gasteiger partial charge on any atom is -0.391 e. The number of rotatable bonds is 4. The maximum Gasteiger partial charge on any atom is 0.317 e. The van der Waals surface area contributed by atoms with Crippen LogP contribution in [0.5, 0.6) is 0 Å². The van der Waals surface area contributed by atoms with Crippen LogP contribution in [0.4, 0.5) is 4.79 Å². The van der Waals surface area contributed by atoms with Crippen LogP contribution in [-0.4, -0.2) is 41.3 Å². The summed E-state index contributed by atoms with van der Waals surface area (Å²) in [7, 11) is 0. The van der Waals surface area contributed by atoms with Gasteiger partial charge in [-0.1, -0.05) is 20.3 Å². The number of piperidine rings is 1. The maximum absolute atomic E-state index is 11.9. The molecular weight excluding hydrogens is 216 g/mol. The number of hydrogen-bond donors (Lipinski definition) is 2. The Kier molecular flexibility index (Phi) is 5.75. The fraction of sp³-hybridized carbons (Fsp3) is 0.923. The standard InChI is InChI=1S/C13H26N2O2/c1-4-10(2)8-11(3)14-13(17)15-7-5-6-12(16)9-15/h10-12,16H,4-9H2,1-3H3,(H,14,17). The lowest BCUT2D eigenvalue weighted by atomic mass is 10.0. The number of hydrogen-bond acceptors (Lipinski definition) is 2. The second-order valence-electron chi connectivity index (χ2n) is 5.34. The van der Waals surface area contributed by atoms with Crippen molar-refractivity contribution in [1.82, 2.24) is 10.2 Å². The van der Waals surface area contributed by atoms with Crippen molar-refractivity contribution in [2.45, 2.75) is 58.6 Å². The highest BCUT2D eigenvalue weighted by Gasteiger charge is 2.23. The number of likely N-dealkylation sites (tertiary alicyclic amines) is 1. The first-order valence-electron chi connectivity index (χ1n) is 6.76. The summed E-state index contributed by atoms with van der Waals surface area (Å²) in [4.78, 5) is 13.7. The van der Waals surface area contributed by atoms with Crippen molar-refractivity contribution in [2.75, 3.05) is 13.1 Å². The highest BCUT2D eigenvalue weighted by molar-refractivity contribution is 5.74. The SMILES string of the molecule is CCC(C)CC(C)NC(=O)N1CCCC(O)C1. The molecule has 0 aliphatic carbocycles. The van der Waals surface area contributed by atoms with Crippen LogP contribution in [0.15, 0.2) is 0 Å². The molecule has 1 rings (SSSR count). The normalized spacial score (nSPS) is 24.2. The number of nitrogens with one attached hydrogen (secondary N) is 1. The lowest BCUT2D eigenvalue weighted by Gasteiger charge is -2.31. The van der Waals surface area contributed by atoms with E-state index in [9.17, 15) is 9.90 Å². The molecule has 2 amide bonds. The summed E-state index contributed by atoms with van der Waals surface area (Å²) in [5.74, 6) is 0.636. The topological polar surface area (TPSA) is 52.6 Å². The lowest BCUT2D eigenvalue weighted by molar-refractivity contribution is 0.0832. The molecule has 0 radical (unpaired) electrons. The third-order valence-corrected chi connectivity index (χ3v) is 3.51. The zero-order chi connectivity index (χ0) is 12.8. The zero-order valence-corrected chi connectivity index (χ0v) is 11.3. The molecule has 1 aliphatic rings. The van der Waals surface area contributed by atoms with Crippen LogP contribution < -0.4 is 5.32 Å². The van der Waals surface area contributed by atoms with Gasteiger partial charge in [0, 0.05) is 19.1 Å². The van der Waals surface area contributed by atoms with E-state index in [0.29, 0.717) is 12.5 Å². The van der Waals surface area contributed by atoms with Gasteiger partial charge in [0.25, 0.3) is 0 Å². The van der Waals surface area contributed by atoms with Gasteiger partial charge in [-0.05, 0) is 32.1 Å². The van der Waals surface area contributed by atoms with Crippen molar-refractivity contribution < 1.29 is 9.90 Å². The average Bonchev–Trinajstić information content (AvgIpc) is 2.28. The number of carbonyl (C=O) groups excluding carboxylic acids is 1. The van der Waals surface area contributed by atoms with Crippen LogP contribution in [0.3, 0.4) is 0 Å². The van der Waals surface area contributed by atoms with Crippen molar-refractivity contribution in [1.29, 1.82) is 0 Å². The monoisotopic (exact) mass is 242 g/mol. The maximum atomic E-state index is 11.9. The largest absolute Gasteiger partial charge is 0.391 e. The van der Waals surface area contributed by atoms with Crippen LogP contribution in [0.2, 0.25) is 0 Å². The molecular formula is C13H26N2O2. The van der Waals surface area contributed by atoms with Gasteiger partial charge in [-0.15, -0.1) is 0 Å². The minimum atomic E-state index is -0.348. The van der Waals surface area contributed by atoms with Crippen LogP contribution in [-0.2, 0) is 0 Å². The van der Waals surface area contributed by atoms with E-state index in [2.05, 4.69) is 19.2 Å². The van der Waals surface area contributed by atoms with E-state index in [1.165, 1.54) is 0 Å². The van der Waals surface area contributed by atoms with Gasteiger partial charge in [-0.2, -0.15) is 0 Å². The number of urea groups is 1. The molecule has 4 nitrogen and oxygen atoms in total. The van der Waals surface area contributed by atoms with Crippen LogP contribution in [0.25, 0.3) is 0 Å². The van der Waals surface area contributed by atoms with Crippen molar-refractivity contribution in [2.24, 2.45) is 5.92 Å². The Morgan fingerprint density at radius 3 is 2.82 bits per heavy atom. The Morgan fingerprint density at radius 1 is 1.53 bits per heavy atom. The van der Waals surface area contributed by atoms with Crippen molar-refractivity contribution in [3.8, 4) is 0 Å². The highest BCUT2D eigenvalue weighted by Crippen LogP contribution is 2.12. The number of carbonyl (C=O) groups is 1. The van der Waals surface area contributed by atoms with Crippen LogP contribution >= 0.6 is 0 Å². The van der Waals surface area contributed by atoms with E-state index < -0.39 is 0 Å². The van der Waals surface area contributed by atoms with Gasteiger partial charge in [-0.3, -0.25) is 0 Å². The first-order valence-corrected chi connectivity index (χ1v) is 6.76. The summed E-state index contributed by atoms with van der Waals surface area (Å²) in [6.45, 7) is 7.65. The van der Waals surface area contributed by atoms with E-state index in [0.717, 1.165) is 32.2 Å². The Balaban J connectivity index is 2.32. The Labute approximate surface area is 104 Å². The molecule has 3 atom stereocenters. The summed E-state index contributed by atoms with van der Waals surface area (Å²) in [5.41, 5.74) is 0. The molecule has 1 heterocycles. The highest BCUT2D eigenvalue weighted by atomic mass is 16.3. The zero-order valence-electron chi connectivity index (χ0n) is 11.3. The summed E-state index contributed by atoms with van der Waals surface area (Å²) in [6.07, 6.45) is 3.52. The van der Waals surface area contributed by atoms with Crippen LogP contribution in [0.1, 0.15) is 46.5 Å². The van der Waals surface area contributed by atoms with Gasteiger partial charge in [0.2, 0.25) is 0 Å². The van der Waals surface area contributed by atoms with Gasteiger partial charge < -0.3 is 15.3 Å². The molecule has 17 heavy (non-hydrogen) atoms. The Morgan fingerprint density at radius 2 is 2.24 bits per heavy atom. The molecule has 1 saturated heterocycles. The molecule has 2 N–H and O–H groups in total. The summed E-state index contributed by atoms with van der Waals surface area (Å²) in [6, 6.07) is 0.177. The smallest absolute Gasteiger partial charge is 0.317 e. The van der Waals surface area contributed by atoms with E-state index >= 15 is 0 Å². The van der Waals surface area contributed by atoms with E-state index in [4.69, 9.17) is 0 Å². The van der Waals surface area contributed by atoms with Gasteiger partial charge >= 0.3 is 6.03 Å². The minimum absolute atomic E-state index is 0.0282. The fourth-order valence-electron chi connectivity index (χ4n) is 2.27. The number of amides is 2. The molecule has 4 heteroatoms. The van der Waals surface area contributed by atoms with Gasteiger partial charge in [0.1, 0.15) is 0 Å². The Bertz CT molecular complexity index is 246. The molecule has 3 unspecified atom stereocenters. The van der Waals surface area contributed by atoms with Crippen LogP contribution in [0, 0.1) is 5.92 Å². The fourth-order valence-corrected chi connectivity index (χ4v) is 2.27. The average molecular weight is 242 g/mol. The van der Waals surface area contributed by atoms with Crippen molar-refractivity contribution in [3.05, 3.63) is 0 Å². The molecule has 0 aromatic heterocycles. The second-order valence-corrected chi connectivity index (χ2v) is 5.34. The Hall–Kier alpha value is -0.770. The van der Waals surface area contributed by atoms with Gasteiger partial charge in [-0.25, -0.2) is 4.79 Å². The molecule has 1 aliphatic heterocycles. The first-order chi connectivity index (χ1) is 8.02. The van der Waals surface area contributed by atoms with E-state index in [1.54, 1.807) is 4.90 Å². The molecule has 0 bridgehead atoms. The predicted molar refractivity (Wildman–Crippen MR) is 68.9 cm³/mol. The molecule has 100 valence electrons. The number of nitrogens with zero attached hydrogens (tertiary/aromatic N) is 1. The predicted octanol–water partition coefficient (Wildman–Crippen LogP) is 1.98. The van der Waals surface area contributed by atoms with E-state index in [1.807, 2.05) is 6.92 Å².